The van der Waals surface area contributed by atoms with Crippen LogP contribution in [0, 0.1) is 0 Å². The molecule has 0 unspecified atom stereocenters. The third-order valence-electron chi connectivity index (χ3n) is 2.84. The quantitative estimate of drug-likeness (QED) is 0.706. The summed E-state index contributed by atoms with van der Waals surface area (Å²) in [4.78, 5) is 25.3. The lowest BCUT2D eigenvalue weighted by Crippen LogP contribution is -2.50. The minimum atomic E-state index is -0.508. The van der Waals surface area contributed by atoms with Crippen molar-refractivity contribution in [2.45, 2.75) is 66.0 Å². The van der Waals surface area contributed by atoms with Crippen molar-refractivity contribution in [1.29, 1.82) is 0 Å². The number of carbonyl (C=O) groups is 2. The first-order valence-electron chi connectivity index (χ1n) is 7.95. The molecule has 6 nitrogen and oxygen atoms in total. The Hall–Kier alpha value is -1.30. The Morgan fingerprint density at radius 2 is 1.64 bits per heavy atom. The maximum absolute atomic E-state index is 12.3. The van der Waals surface area contributed by atoms with Gasteiger partial charge in [-0.15, -0.1) is 0 Å². The van der Waals surface area contributed by atoms with Crippen LogP contribution in [-0.2, 0) is 9.53 Å². The van der Waals surface area contributed by atoms with E-state index < -0.39 is 5.60 Å². The Morgan fingerprint density at radius 3 is 2.09 bits per heavy atom. The van der Waals surface area contributed by atoms with Gasteiger partial charge in [-0.1, -0.05) is 0 Å². The van der Waals surface area contributed by atoms with E-state index in [4.69, 9.17) is 4.74 Å². The summed E-state index contributed by atoms with van der Waals surface area (Å²) in [6.07, 6.45) is 0.126. The minimum absolute atomic E-state index is 0.0369. The van der Waals surface area contributed by atoms with Gasteiger partial charge in [0, 0.05) is 38.1 Å². The molecule has 0 fully saturated rings. The summed E-state index contributed by atoms with van der Waals surface area (Å²) >= 11 is 0. The van der Waals surface area contributed by atoms with Crippen molar-refractivity contribution >= 4 is 12.0 Å². The van der Waals surface area contributed by atoms with E-state index in [1.807, 2.05) is 48.5 Å². The first-order chi connectivity index (χ1) is 9.97. The molecule has 0 saturated carbocycles. The second kappa shape index (κ2) is 8.98. The summed E-state index contributed by atoms with van der Waals surface area (Å²) in [6.45, 7) is 15.8. The molecule has 2 N–H and O–H groups in total. The molecule has 0 aliphatic carbocycles. The molecule has 0 aromatic carbocycles. The van der Waals surface area contributed by atoms with Crippen LogP contribution in [0.25, 0.3) is 0 Å². The van der Waals surface area contributed by atoms with Crippen LogP contribution in [0.3, 0.4) is 0 Å². The van der Waals surface area contributed by atoms with Crippen LogP contribution < -0.4 is 10.6 Å². The lowest BCUT2D eigenvalue weighted by atomic mass is 10.1. The van der Waals surface area contributed by atoms with Crippen molar-refractivity contribution in [2.75, 3.05) is 26.2 Å². The fourth-order valence-electron chi connectivity index (χ4n) is 1.82. The van der Waals surface area contributed by atoms with Gasteiger partial charge in [0.05, 0.1) is 0 Å². The molecule has 0 spiro atoms. The van der Waals surface area contributed by atoms with Gasteiger partial charge in [0.2, 0.25) is 5.91 Å². The Morgan fingerprint density at radius 1 is 1.05 bits per heavy atom. The van der Waals surface area contributed by atoms with E-state index in [0.717, 1.165) is 0 Å². The second-order valence-corrected chi connectivity index (χ2v) is 7.26. The van der Waals surface area contributed by atoms with Gasteiger partial charge in [0.1, 0.15) is 5.60 Å². The average molecular weight is 315 g/mol. The highest BCUT2D eigenvalue weighted by Gasteiger charge is 2.30. The summed E-state index contributed by atoms with van der Waals surface area (Å²) in [5.41, 5.74) is -0.824. The highest BCUT2D eigenvalue weighted by atomic mass is 16.6. The van der Waals surface area contributed by atoms with Crippen molar-refractivity contribution in [3.63, 3.8) is 0 Å². The predicted molar refractivity (Wildman–Crippen MR) is 88.9 cm³/mol. The Balaban J connectivity index is 4.29. The number of nitrogens with one attached hydrogen (secondary N) is 2. The molecule has 0 aromatic rings. The maximum Gasteiger partial charge on any atom is 0.410 e. The van der Waals surface area contributed by atoms with Gasteiger partial charge in [0.25, 0.3) is 0 Å². The molecule has 0 aliphatic heterocycles. The van der Waals surface area contributed by atoms with E-state index in [1.54, 1.807) is 4.90 Å². The van der Waals surface area contributed by atoms with Crippen LogP contribution in [0.4, 0.5) is 4.79 Å². The van der Waals surface area contributed by atoms with Crippen LogP contribution in [0.1, 0.15) is 54.9 Å². The van der Waals surface area contributed by atoms with E-state index in [-0.39, 0.29) is 17.5 Å². The number of hydrogen-bond acceptors (Lipinski definition) is 4. The molecule has 0 saturated heterocycles. The number of amides is 2. The van der Waals surface area contributed by atoms with E-state index in [1.165, 1.54) is 0 Å². The molecule has 0 heterocycles. The number of ether oxygens (including phenoxy) is 1. The van der Waals surface area contributed by atoms with Crippen molar-refractivity contribution < 1.29 is 14.3 Å². The van der Waals surface area contributed by atoms with Crippen molar-refractivity contribution in [3.8, 4) is 0 Å². The standard InChI is InChI=1S/C16H33N3O3/c1-8-18-13(20)9-10-17-11-12-19(15(2,3)4)14(21)22-16(5,6)7/h17H,8-12H2,1-7H3,(H,18,20). The molecule has 2 amide bonds. The Bertz CT molecular complexity index is 357. The smallest absolute Gasteiger partial charge is 0.410 e. The summed E-state index contributed by atoms with van der Waals surface area (Å²) < 4.78 is 5.45. The molecule has 6 heteroatoms. The number of carbonyl (C=O) groups excluding carboxylic acids is 2. The Kier molecular flexibility index (Phi) is 8.45. The van der Waals surface area contributed by atoms with Gasteiger partial charge in [-0.3, -0.25) is 4.79 Å². The van der Waals surface area contributed by atoms with Crippen molar-refractivity contribution in [3.05, 3.63) is 0 Å². The zero-order valence-electron chi connectivity index (χ0n) is 15.2. The summed E-state index contributed by atoms with van der Waals surface area (Å²) in [7, 11) is 0. The fraction of sp³-hybridized carbons (Fsp3) is 0.875. The lowest BCUT2D eigenvalue weighted by Gasteiger charge is -2.36. The van der Waals surface area contributed by atoms with E-state index in [2.05, 4.69) is 10.6 Å². The molecule has 0 aromatic heterocycles. The Labute approximate surface area is 135 Å². The van der Waals surface area contributed by atoms with Gasteiger partial charge in [-0.25, -0.2) is 4.79 Å². The fourth-order valence-corrected chi connectivity index (χ4v) is 1.82. The molecule has 0 aliphatic rings. The predicted octanol–water partition coefficient (Wildman–Crippen LogP) is 2.14. The molecule has 0 rings (SSSR count). The number of hydrogen-bond donors (Lipinski definition) is 2. The van der Waals surface area contributed by atoms with Crippen LogP contribution in [0.5, 0.6) is 0 Å². The van der Waals surface area contributed by atoms with Crippen LogP contribution >= 0.6 is 0 Å². The summed E-state index contributed by atoms with van der Waals surface area (Å²) in [5, 5.41) is 5.93. The summed E-state index contributed by atoms with van der Waals surface area (Å²) in [6, 6.07) is 0. The largest absolute Gasteiger partial charge is 0.444 e. The molecular formula is C16H33N3O3. The van der Waals surface area contributed by atoms with Gasteiger partial charge >= 0.3 is 6.09 Å². The van der Waals surface area contributed by atoms with Gasteiger partial charge in [-0.05, 0) is 48.5 Å². The topological polar surface area (TPSA) is 70.7 Å². The number of rotatable bonds is 7. The lowest BCUT2D eigenvalue weighted by molar-refractivity contribution is -0.120. The number of nitrogens with zero attached hydrogens (tertiary/aromatic N) is 1. The maximum atomic E-state index is 12.3. The van der Waals surface area contributed by atoms with E-state index in [0.29, 0.717) is 32.6 Å². The molecular weight excluding hydrogens is 282 g/mol. The summed E-state index contributed by atoms with van der Waals surface area (Å²) in [5.74, 6) is 0.0369. The van der Waals surface area contributed by atoms with E-state index >= 15 is 0 Å². The minimum Gasteiger partial charge on any atom is -0.444 e. The SMILES string of the molecule is CCNC(=O)CCNCCN(C(=O)OC(C)(C)C)C(C)(C)C. The van der Waals surface area contributed by atoms with Crippen molar-refractivity contribution in [1.82, 2.24) is 15.5 Å². The average Bonchev–Trinajstić information content (AvgIpc) is 2.29. The zero-order chi connectivity index (χ0) is 17.4. The molecule has 0 atom stereocenters. The second-order valence-electron chi connectivity index (χ2n) is 7.26. The first-order valence-corrected chi connectivity index (χ1v) is 7.95. The highest BCUT2D eigenvalue weighted by Crippen LogP contribution is 2.17. The normalized spacial score (nSPS) is 12.0. The van der Waals surface area contributed by atoms with Gasteiger partial charge in [-0.2, -0.15) is 0 Å². The molecule has 130 valence electrons. The highest BCUT2D eigenvalue weighted by molar-refractivity contribution is 5.75. The van der Waals surface area contributed by atoms with Crippen LogP contribution in [-0.4, -0.2) is 54.2 Å². The van der Waals surface area contributed by atoms with Crippen LogP contribution in [0.2, 0.25) is 0 Å². The van der Waals surface area contributed by atoms with Crippen LogP contribution in [0.15, 0.2) is 0 Å². The van der Waals surface area contributed by atoms with Gasteiger partial charge in [0.15, 0.2) is 0 Å². The first kappa shape index (κ1) is 20.7. The molecule has 0 radical (unpaired) electrons. The van der Waals surface area contributed by atoms with Crippen molar-refractivity contribution in [2.24, 2.45) is 0 Å². The van der Waals surface area contributed by atoms with E-state index in [9.17, 15) is 9.59 Å². The monoisotopic (exact) mass is 315 g/mol. The van der Waals surface area contributed by atoms with Gasteiger partial charge < -0.3 is 20.3 Å². The third-order valence-corrected chi connectivity index (χ3v) is 2.84. The third kappa shape index (κ3) is 9.60. The molecule has 22 heavy (non-hydrogen) atoms. The molecule has 0 bridgehead atoms. The zero-order valence-corrected chi connectivity index (χ0v) is 15.2.